The number of amides is 1. The number of nitrogens with zero attached hydrogens (tertiary/aromatic N) is 1. The van der Waals surface area contributed by atoms with Crippen LogP contribution in [0.5, 0.6) is 11.5 Å². The fraction of sp³-hybridized carbons (Fsp3) is 0.368. The van der Waals surface area contributed by atoms with Crippen LogP contribution in [0.3, 0.4) is 0 Å². The lowest BCUT2D eigenvalue weighted by atomic mass is 10.1. The second-order valence-electron chi connectivity index (χ2n) is 6.02. The molecule has 26 heavy (non-hydrogen) atoms. The molecule has 7 heteroatoms. The van der Waals surface area contributed by atoms with Crippen molar-refractivity contribution < 1.29 is 19.2 Å². The first kappa shape index (κ1) is 19.8. The third-order valence-electron chi connectivity index (χ3n) is 4.41. The van der Waals surface area contributed by atoms with Crippen LogP contribution in [0, 0.1) is 11.3 Å². The zero-order valence-electron chi connectivity index (χ0n) is 15.5. The average Bonchev–Trinajstić information content (AvgIpc) is 3.12. The maximum absolute atomic E-state index is 12.4. The number of carbonyl (C=O) groups excluding carboxylic acids is 1. The Morgan fingerprint density at radius 2 is 2.04 bits per heavy atom. The van der Waals surface area contributed by atoms with Gasteiger partial charge in [-0.3, -0.25) is 4.79 Å². The molecule has 0 radical (unpaired) electrons. The Morgan fingerprint density at radius 1 is 1.31 bits per heavy atom. The number of quaternary nitrogens is 1. The van der Waals surface area contributed by atoms with Gasteiger partial charge in [-0.15, -0.1) is 11.3 Å². The molecule has 0 fully saturated rings. The molecule has 1 amide bonds. The molecule has 0 bridgehead atoms. The van der Waals surface area contributed by atoms with Gasteiger partial charge in [-0.25, -0.2) is 0 Å². The average molecular weight is 374 g/mol. The monoisotopic (exact) mass is 374 g/mol. The molecule has 2 atom stereocenters. The summed E-state index contributed by atoms with van der Waals surface area (Å²) in [5, 5.41) is 14.3. The second-order valence-corrected chi connectivity index (χ2v) is 6.94. The van der Waals surface area contributed by atoms with Gasteiger partial charge in [0.1, 0.15) is 11.1 Å². The van der Waals surface area contributed by atoms with Gasteiger partial charge >= 0.3 is 0 Å². The Bertz CT molecular complexity index is 798. The van der Waals surface area contributed by atoms with Gasteiger partial charge in [0.05, 0.1) is 33.4 Å². The lowest BCUT2D eigenvalue weighted by molar-refractivity contribution is -0.893. The minimum absolute atomic E-state index is 0.0891. The van der Waals surface area contributed by atoms with E-state index in [1.54, 1.807) is 25.7 Å². The number of nitrogens with one attached hydrogen (secondary N) is 2. The predicted octanol–water partition coefficient (Wildman–Crippen LogP) is 1.72. The number of hydrogen-bond acceptors (Lipinski definition) is 5. The van der Waals surface area contributed by atoms with E-state index < -0.39 is 0 Å². The second kappa shape index (κ2) is 9.22. The molecule has 0 aliphatic rings. The van der Waals surface area contributed by atoms with E-state index in [0.29, 0.717) is 22.1 Å². The predicted molar refractivity (Wildman–Crippen MR) is 102 cm³/mol. The molecule has 1 unspecified atom stereocenters. The molecule has 138 valence electrons. The van der Waals surface area contributed by atoms with Crippen LogP contribution in [0.15, 0.2) is 29.6 Å². The summed E-state index contributed by atoms with van der Waals surface area (Å²) in [6, 6.07) is 9.41. The molecular formula is C19H24N3O3S+. The van der Waals surface area contributed by atoms with E-state index in [9.17, 15) is 4.79 Å². The zero-order chi connectivity index (χ0) is 19.1. The van der Waals surface area contributed by atoms with Crippen LogP contribution in [0.4, 0.5) is 5.00 Å². The first-order valence-corrected chi connectivity index (χ1v) is 9.19. The van der Waals surface area contributed by atoms with Crippen LogP contribution in [0.1, 0.15) is 18.1 Å². The summed E-state index contributed by atoms with van der Waals surface area (Å²) in [6.07, 6.45) is 0.812. The van der Waals surface area contributed by atoms with E-state index in [-0.39, 0.29) is 11.9 Å². The lowest BCUT2D eigenvalue weighted by Gasteiger charge is -2.21. The first-order valence-electron chi connectivity index (χ1n) is 8.31. The molecule has 0 saturated heterocycles. The van der Waals surface area contributed by atoms with E-state index in [4.69, 9.17) is 14.7 Å². The van der Waals surface area contributed by atoms with E-state index in [2.05, 4.69) is 11.4 Å². The number of thiophene rings is 1. The number of nitriles is 1. The standard InChI is InChI=1S/C19H23N3O3S/c1-13(18(23)21-19-15(12-20)8-10-26-19)22(2)9-7-14-5-6-16(24-3)17(11-14)25-4/h5-6,8,10-11,13H,7,9H2,1-4H3,(H,21,23)/p+1/t13-/m1/s1. The number of likely N-dealkylation sites (N-methyl/N-ethyl adjacent to an activating group) is 1. The topological polar surface area (TPSA) is 75.8 Å². The SMILES string of the molecule is COc1ccc(CC[NH+](C)[C@H](C)C(=O)Nc2sccc2C#N)cc1OC. The summed E-state index contributed by atoms with van der Waals surface area (Å²) in [7, 11) is 5.22. The molecule has 1 heterocycles. The van der Waals surface area contributed by atoms with Crippen LogP contribution in [0.25, 0.3) is 0 Å². The van der Waals surface area contributed by atoms with Crippen LogP contribution >= 0.6 is 11.3 Å². The number of rotatable bonds is 8. The zero-order valence-corrected chi connectivity index (χ0v) is 16.3. The van der Waals surface area contributed by atoms with Gasteiger partial charge in [0.15, 0.2) is 17.5 Å². The molecule has 6 nitrogen and oxygen atoms in total. The third kappa shape index (κ3) is 4.75. The summed E-state index contributed by atoms with van der Waals surface area (Å²) < 4.78 is 10.6. The van der Waals surface area contributed by atoms with Crippen molar-refractivity contribution in [1.29, 1.82) is 5.26 Å². The Labute approximate surface area is 158 Å². The fourth-order valence-electron chi connectivity index (χ4n) is 2.53. The van der Waals surface area contributed by atoms with Crippen molar-refractivity contribution in [2.45, 2.75) is 19.4 Å². The van der Waals surface area contributed by atoms with Crippen molar-refractivity contribution in [3.8, 4) is 17.6 Å². The van der Waals surface area contributed by atoms with Gasteiger partial charge in [-0.05, 0) is 36.1 Å². The van der Waals surface area contributed by atoms with Crippen LogP contribution in [-0.4, -0.2) is 39.8 Å². The quantitative estimate of drug-likeness (QED) is 0.738. The molecule has 0 aliphatic carbocycles. The van der Waals surface area contributed by atoms with E-state index >= 15 is 0 Å². The highest BCUT2D eigenvalue weighted by Crippen LogP contribution is 2.27. The lowest BCUT2D eigenvalue weighted by Crippen LogP contribution is -3.14. The number of carbonyl (C=O) groups is 1. The van der Waals surface area contributed by atoms with Gasteiger partial charge < -0.3 is 19.7 Å². The Balaban J connectivity index is 1.93. The van der Waals surface area contributed by atoms with Crippen LogP contribution < -0.4 is 19.7 Å². The van der Waals surface area contributed by atoms with Crippen molar-refractivity contribution in [3.05, 3.63) is 40.8 Å². The Morgan fingerprint density at radius 3 is 2.69 bits per heavy atom. The van der Waals surface area contributed by atoms with Crippen molar-refractivity contribution in [1.82, 2.24) is 0 Å². The minimum atomic E-state index is -0.233. The number of methoxy groups -OCH3 is 2. The van der Waals surface area contributed by atoms with Gasteiger partial charge in [-0.2, -0.15) is 5.26 Å². The molecule has 0 spiro atoms. The first-order chi connectivity index (χ1) is 12.5. The van der Waals surface area contributed by atoms with Gasteiger partial charge in [0.2, 0.25) is 0 Å². The van der Waals surface area contributed by atoms with Gasteiger partial charge in [0, 0.05) is 6.42 Å². The van der Waals surface area contributed by atoms with Crippen molar-refractivity contribution in [2.75, 3.05) is 33.1 Å². The van der Waals surface area contributed by atoms with Crippen LogP contribution in [0.2, 0.25) is 0 Å². The van der Waals surface area contributed by atoms with E-state index in [1.165, 1.54) is 11.3 Å². The Kier molecular flexibility index (Phi) is 7.01. The smallest absolute Gasteiger partial charge is 0.283 e. The maximum atomic E-state index is 12.4. The fourth-order valence-corrected chi connectivity index (χ4v) is 3.27. The highest BCUT2D eigenvalue weighted by atomic mass is 32.1. The van der Waals surface area contributed by atoms with Gasteiger partial charge in [0.25, 0.3) is 5.91 Å². The largest absolute Gasteiger partial charge is 0.493 e. The van der Waals surface area contributed by atoms with Crippen molar-refractivity contribution in [2.24, 2.45) is 0 Å². The highest BCUT2D eigenvalue weighted by molar-refractivity contribution is 7.14. The van der Waals surface area contributed by atoms with Gasteiger partial charge in [-0.1, -0.05) is 6.07 Å². The molecule has 2 rings (SSSR count). The molecule has 0 saturated carbocycles. The summed E-state index contributed by atoms with van der Waals surface area (Å²) in [4.78, 5) is 13.5. The number of benzene rings is 1. The number of ether oxygens (including phenoxy) is 2. The molecular weight excluding hydrogens is 350 g/mol. The summed E-state index contributed by atoms with van der Waals surface area (Å²) in [6.45, 7) is 2.68. The molecule has 1 aromatic carbocycles. The maximum Gasteiger partial charge on any atom is 0.283 e. The number of anilines is 1. The number of hydrogen-bond donors (Lipinski definition) is 2. The van der Waals surface area contributed by atoms with E-state index in [0.717, 1.165) is 23.4 Å². The Hall–Kier alpha value is -2.56. The highest BCUT2D eigenvalue weighted by Gasteiger charge is 2.23. The van der Waals surface area contributed by atoms with E-state index in [1.807, 2.05) is 32.2 Å². The molecule has 2 aromatic rings. The summed E-state index contributed by atoms with van der Waals surface area (Å²) in [5.41, 5.74) is 1.62. The molecule has 2 N–H and O–H groups in total. The summed E-state index contributed by atoms with van der Waals surface area (Å²) >= 11 is 1.36. The summed E-state index contributed by atoms with van der Waals surface area (Å²) in [5.74, 6) is 1.32. The molecule has 1 aromatic heterocycles. The third-order valence-corrected chi connectivity index (χ3v) is 5.24. The van der Waals surface area contributed by atoms with Crippen molar-refractivity contribution >= 4 is 22.2 Å². The van der Waals surface area contributed by atoms with Crippen molar-refractivity contribution in [3.63, 3.8) is 0 Å². The van der Waals surface area contributed by atoms with Crippen LogP contribution in [-0.2, 0) is 11.2 Å². The minimum Gasteiger partial charge on any atom is -0.493 e. The normalized spacial score (nSPS) is 12.7. The molecule has 0 aliphatic heterocycles.